The fraction of sp³-hybridized carbons (Fsp3) is 0.435. The zero-order valence-electron chi connectivity index (χ0n) is 19.8. The Morgan fingerprint density at radius 3 is 1.97 bits per heavy atom. The third-order valence-electron chi connectivity index (χ3n) is 3.96. The van der Waals surface area contributed by atoms with Gasteiger partial charge in [-0.15, -0.1) is 0 Å². The Labute approximate surface area is 210 Å². The molecule has 0 aliphatic heterocycles. The average Bonchev–Trinajstić information content (AvgIpc) is 2.64. The highest BCUT2D eigenvalue weighted by Gasteiger charge is 2.36. The van der Waals surface area contributed by atoms with E-state index in [4.69, 9.17) is 25.8 Å². The van der Waals surface area contributed by atoms with Gasteiger partial charge in [0.25, 0.3) is 0 Å². The molecule has 34 heavy (non-hydrogen) atoms. The van der Waals surface area contributed by atoms with Crippen molar-refractivity contribution in [2.75, 3.05) is 4.90 Å². The molecule has 11 heteroatoms. The first-order valence-corrected chi connectivity index (χ1v) is 11.4. The molecule has 1 unspecified atom stereocenters. The number of hydrogen-bond donors (Lipinski definition) is 0. The first-order valence-electron chi connectivity index (χ1n) is 10.2. The molecule has 0 bridgehead atoms. The van der Waals surface area contributed by atoms with Crippen LogP contribution in [0.1, 0.15) is 60.1 Å². The minimum absolute atomic E-state index is 0.104. The molecule has 0 aliphatic carbocycles. The Morgan fingerprint density at radius 2 is 1.47 bits per heavy atom. The van der Waals surface area contributed by atoms with Gasteiger partial charge in [-0.25, -0.2) is 23.4 Å². The van der Waals surface area contributed by atoms with Gasteiger partial charge in [-0.1, -0.05) is 11.6 Å². The smallest absolute Gasteiger partial charge is 0.425 e. The summed E-state index contributed by atoms with van der Waals surface area (Å²) in [5, 5.41) is -0.449. The Kier molecular flexibility index (Phi) is 8.53. The quantitative estimate of drug-likeness (QED) is 0.282. The summed E-state index contributed by atoms with van der Waals surface area (Å²) < 4.78 is 45.2. The van der Waals surface area contributed by atoms with Crippen LogP contribution in [0.15, 0.2) is 28.9 Å². The summed E-state index contributed by atoms with van der Waals surface area (Å²) in [6, 6.07) is 4.70. The van der Waals surface area contributed by atoms with Gasteiger partial charge in [-0.3, -0.25) is 0 Å². The van der Waals surface area contributed by atoms with Crippen LogP contribution in [0, 0.1) is 11.6 Å². The van der Waals surface area contributed by atoms with Gasteiger partial charge in [0.2, 0.25) is 0 Å². The molecule has 0 saturated heterocycles. The lowest BCUT2D eigenvalue weighted by molar-refractivity contribution is 0.0426. The predicted octanol–water partition coefficient (Wildman–Crippen LogP) is 7.59. The van der Waals surface area contributed by atoms with Crippen molar-refractivity contribution in [3.8, 4) is 5.75 Å². The topological polar surface area (TPSA) is 78.0 Å². The average molecular weight is 564 g/mol. The van der Waals surface area contributed by atoms with Crippen LogP contribution < -0.4 is 9.64 Å². The fourth-order valence-corrected chi connectivity index (χ4v) is 3.30. The van der Waals surface area contributed by atoms with Crippen LogP contribution in [-0.2, 0) is 9.47 Å². The van der Waals surface area contributed by atoms with Gasteiger partial charge in [0.1, 0.15) is 33.5 Å². The Balaban J connectivity index is 2.58. The summed E-state index contributed by atoms with van der Waals surface area (Å²) in [6.07, 6.45) is -3.26. The largest absolute Gasteiger partial charge is 0.482 e. The second-order valence-corrected chi connectivity index (χ2v) is 10.5. The molecule has 1 heterocycles. The highest BCUT2D eigenvalue weighted by Crippen LogP contribution is 2.36. The summed E-state index contributed by atoms with van der Waals surface area (Å²) >= 11 is 9.16. The lowest BCUT2D eigenvalue weighted by Crippen LogP contribution is -2.44. The molecule has 0 radical (unpaired) electrons. The van der Waals surface area contributed by atoms with E-state index in [0.717, 1.165) is 12.1 Å². The van der Waals surface area contributed by atoms with Crippen LogP contribution in [0.4, 0.5) is 24.2 Å². The van der Waals surface area contributed by atoms with Crippen molar-refractivity contribution in [3.63, 3.8) is 0 Å². The molecule has 0 fully saturated rings. The Hall–Kier alpha value is -2.46. The molecule has 0 aliphatic rings. The first kappa shape index (κ1) is 27.8. The number of amides is 2. The number of hydrogen-bond acceptors (Lipinski definition) is 6. The van der Waals surface area contributed by atoms with E-state index in [9.17, 15) is 18.4 Å². The first-order chi connectivity index (χ1) is 15.5. The third kappa shape index (κ3) is 7.27. The number of aromatic nitrogens is 1. The van der Waals surface area contributed by atoms with E-state index >= 15 is 0 Å². The maximum atomic E-state index is 14.4. The van der Waals surface area contributed by atoms with Gasteiger partial charge in [-0.2, -0.15) is 4.90 Å². The van der Waals surface area contributed by atoms with Crippen LogP contribution in [-0.4, -0.2) is 28.4 Å². The molecule has 2 aromatic rings. The molecule has 2 amide bonds. The number of carbonyl (C=O) groups is 2. The van der Waals surface area contributed by atoms with Gasteiger partial charge in [0.05, 0.1) is 5.02 Å². The van der Waals surface area contributed by atoms with E-state index < -0.39 is 46.1 Å². The zero-order valence-corrected chi connectivity index (χ0v) is 22.2. The van der Waals surface area contributed by atoms with Crippen molar-refractivity contribution in [2.45, 2.75) is 65.8 Å². The molecule has 186 valence electrons. The summed E-state index contributed by atoms with van der Waals surface area (Å²) in [5.41, 5.74) is -2.14. The standard InChI is InChI=1S/C23H26BrClF2N2O5/c1-12(17-13(26)8-9-14(27)18(17)25)32-15-10-11-16(24)28-19(15)29(20(30)33-22(2,3)4)21(31)34-23(5,6)7/h8-12H,1-7H3. The molecule has 2 rings (SSSR count). The van der Waals surface area contributed by atoms with Crippen LogP contribution in [0.3, 0.4) is 0 Å². The van der Waals surface area contributed by atoms with E-state index in [0.29, 0.717) is 4.90 Å². The fourth-order valence-electron chi connectivity index (χ4n) is 2.69. The van der Waals surface area contributed by atoms with Crippen LogP contribution in [0.2, 0.25) is 5.02 Å². The number of halogens is 4. The molecule has 0 saturated carbocycles. The zero-order chi connectivity index (χ0) is 26.0. The number of pyridine rings is 1. The molecule has 7 nitrogen and oxygen atoms in total. The number of carbonyl (C=O) groups excluding carboxylic acids is 2. The predicted molar refractivity (Wildman–Crippen MR) is 127 cm³/mol. The van der Waals surface area contributed by atoms with Crippen molar-refractivity contribution in [1.29, 1.82) is 0 Å². The summed E-state index contributed by atoms with van der Waals surface area (Å²) in [4.78, 5) is 30.8. The lowest BCUT2D eigenvalue weighted by Gasteiger charge is -2.29. The third-order valence-corrected chi connectivity index (χ3v) is 4.78. The van der Waals surface area contributed by atoms with Crippen molar-refractivity contribution in [1.82, 2.24) is 4.98 Å². The molecule has 0 N–H and O–H groups in total. The minimum atomic E-state index is -1.12. The van der Waals surface area contributed by atoms with Crippen LogP contribution in [0.5, 0.6) is 5.75 Å². The number of anilines is 1. The van der Waals surface area contributed by atoms with Gasteiger partial charge >= 0.3 is 12.2 Å². The normalized spacial score (nSPS) is 12.7. The van der Waals surface area contributed by atoms with Gasteiger partial charge in [-0.05, 0) is 88.7 Å². The van der Waals surface area contributed by atoms with Gasteiger partial charge in [0, 0.05) is 5.56 Å². The number of benzene rings is 1. The summed E-state index contributed by atoms with van der Waals surface area (Å²) in [5.74, 6) is -2.00. The SMILES string of the molecule is CC(Oc1ccc(Br)nc1N(C(=O)OC(C)(C)C)C(=O)OC(C)(C)C)c1c(F)ccc(F)c1Cl. The number of nitrogens with zero attached hydrogens (tertiary/aromatic N) is 2. The highest BCUT2D eigenvalue weighted by atomic mass is 79.9. The van der Waals surface area contributed by atoms with Crippen molar-refractivity contribution >= 4 is 45.5 Å². The Bertz CT molecular complexity index is 1060. The summed E-state index contributed by atoms with van der Waals surface area (Å²) in [6.45, 7) is 11.2. The van der Waals surface area contributed by atoms with E-state index in [1.165, 1.54) is 19.1 Å². The lowest BCUT2D eigenvalue weighted by atomic mass is 10.1. The number of ether oxygens (including phenoxy) is 3. The van der Waals surface area contributed by atoms with Crippen molar-refractivity contribution < 1.29 is 32.6 Å². The highest BCUT2D eigenvalue weighted by molar-refractivity contribution is 9.10. The summed E-state index contributed by atoms with van der Waals surface area (Å²) in [7, 11) is 0. The molecule has 1 aromatic heterocycles. The monoisotopic (exact) mass is 562 g/mol. The number of rotatable bonds is 4. The van der Waals surface area contributed by atoms with Crippen molar-refractivity contribution in [3.05, 3.63) is 51.1 Å². The molecule has 1 atom stereocenters. The number of imide groups is 1. The maximum absolute atomic E-state index is 14.4. The second kappa shape index (κ2) is 10.4. The van der Waals surface area contributed by atoms with Gasteiger partial charge < -0.3 is 14.2 Å². The van der Waals surface area contributed by atoms with Gasteiger partial charge in [0.15, 0.2) is 11.6 Å². The van der Waals surface area contributed by atoms with E-state index in [1.807, 2.05) is 0 Å². The van der Waals surface area contributed by atoms with Crippen LogP contribution in [0.25, 0.3) is 0 Å². The molecular formula is C23H26BrClF2N2O5. The molecule has 1 aromatic carbocycles. The van der Waals surface area contributed by atoms with Crippen LogP contribution >= 0.6 is 27.5 Å². The van der Waals surface area contributed by atoms with E-state index in [-0.39, 0.29) is 21.7 Å². The Morgan fingerprint density at radius 1 is 0.971 bits per heavy atom. The molecule has 0 spiro atoms. The van der Waals surface area contributed by atoms with Crippen molar-refractivity contribution in [2.24, 2.45) is 0 Å². The molecular weight excluding hydrogens is 538 g/mol. The second-order valence-electron chi connectivity index (χ2n) is 9.27. The maximum Gasteiger partial charge on any atom is 0.425 e. The minimum Gasteiger partial charge on any atom is -0.482 e. The van der Waals surface area contributed by atoms with E-state index in [2.05, 4.69) is 20.9 Å². The van der Waals surface area contributed by atoms with E-state index in [1.54, 1.807) is 41.5 Å².